The van der Waals surface area contributed by atoms with Crippen molar-refractivity contribution in [2.24, 2.45) is 7.05 Å². The number of aryl methyl sites for hydroxylation is 1. The van der Waals surface area contributed by atoms with Gasteiger partial charge in [0.2, 0.25) is 0 Å². The summed E-state index contributed by atoms with van der Waals surface area (Å²) in [6.45, 7) is 1.94. The number of nitrogen functional groups attached to an aromatic ring is 1. The molecule has 0 saturated heterocycles. The van der Waals surface area contributed by atoms with Gasteiger partial charge in [-0.1, -0.05) is 6.08 Å². The Bertz CT molecular complexity index is 478. The lowest BCUT2D eigenvalue weighted by Gasteiger charge is -2.26. The summed E-state index contributed by atoms with van der Waals surface area (Å²) in [5.41, 5.74) is 7.51. The van der Waals surface area contributed by atoms with Crippen molar-refractivity contribution in [3.05, 3.63) is 23.4 Å². The zero-order valence-electron chi connectivity index (χ0n) is 10.7. The molecule has 1 aromatic rings. The molecular weight excluding hydrogens is 232 g/mol. The first-order valence-electron chi connectivity index (χ1n) is 5.87. The molecule has 0 saturated carbocycles. The van der Waals surface area contributed by atoms with Crippen LogP contribution in [0.3, 0.4) is 0 Å². The normalized spacial score (nSPS) is 15.7. The summed E-state index contributed by atoms with van der Waals surface area (Å²) in [6.07, 6.45) is 4.41. The number of nitrogens with two attached hydrogens (primary N) is 1. The zero-order chi connectivity index (χ0) is 13.1. The maximum absolute atomic E-state index is 12.2. The molecular formula is C12H18N4O2. The van der Waals surface area contributed by atoms with Crippen molar-refractivity contribution < 1.29 is 9.53 Å². The Hall–Kier alpha value is -1.82. The minimum absolute atomic E-state index is 0.0617. The number of nitrogens with zero attached hydrogens (tertiary/aromatic N) is 3. The minimum atomic E-state index is -0.0617. The first-order chi connectivity index (χ1) is 8.63. The molecule has 2 heterocycles. The van der Waals surface area contributed by atoms with Crippen molar-refractivity contribution in [3.8, 4) is 0 Å². The summed E-state index contributed by atoms with van der Waals surface area (Å²) in [7, 11) is 3.40. The Kier molecular flexibility index (Phi) is 3.66. The van der Waals surface area contributed by atoms with E-state index in [2.05, 4.69) is 5.10 Å². The fourth-order valence-electron chi connectivity index (χ4n) is 1.99. The van der Waals surface area contributed by atoms with E-state index >= 15 is 0 Å². The van der Waals surface area contributed by atoms with Gasteiger partial charge in [-0.25, -0.2) is 0 Å². The Morgan fingerprint density at radius 1 is 1.61 bits per heavy atom. The fourth-order valence-corrected chi connectivity index (χ4v) is 1.99. The van der Waals surface area contributed by atoms with Gasteiger partial charge in [-0.15, -0.1) is 0 Å². The molecule has 0 aliphatic carbocycles. The van der Waals surface area contributed by atoms with Crippen molar-refractivity contribution in [3.63, 3.8) is 0 Å². The van der Waals surface area contributed by atoms with Gasteiger partial charge in [0.1, 0.15) is 11.4 Å². The SMILES string of the molecule is COCC1=CCN(C(=O)c2cnn(C)c2N)CC1. The number of anilines is 1. The molecule has 0 spiro atoms. The van der Waals surface area contributed by atoms with Gasteiger partial charge in [-0.2, -0.15) is 5.10 Å². The van der Waals surface area contributed by atoms with Crippen molar-refractivity contribution in [2.45, 2.75) is 6.42 Å². The van der Waals surface area contributed by atoms with Crippen LogP contribution in [0.15, 0.2) is 17.8 Å². The number of hydrogen-bond acceptors (Lipinski definition) is 4. The standard InChI is InChI=1S/C12H18N4O2/c1-15-11(13)10(7-14-15)12(17)16-5-3-9(4-6-16)8-18-2/h3,7H,4-6,8,13H2,1-2H3. The fraction of sp³-hybridized carbons (Fsp3) is 0.500. The number of carbonyl (C=O) groups is 1. The molecule has 2 N–H and O–H groups in total. The molecule has 1 amide bonds. The number of amides is 1. The first kappa shape index (κ1) is 12.6. The molecule has 0 fully saturated rings. The van der Waals surface area contributed by atoms with Gasteiger partial charge in [0.25, 0.3) is 5.91 Å². The van der Waals surface area contributed by atoms with Crippen molar-refractivity contribution in [2.75, 3.05) is 32.5 Å². The molecule has 6 heteroatoms. The molecule has 0 atom stereocenters. The molecule has 0 bridgehead atoms. The van der Waals surface area contributed by atoms with Crippen LogP contribution in [0, 0.1) is 0 Å². The van der Waals surface area contributed by atoms with Gasteiger partial charge < -0.3 is 15.4 Å². The first-order valence-corrected chi connectivity index (χ1v) is 5.87. The zero-order valence-corrected chi connectivity index (χ0v) is 10.7. The highest BCUT2D eigenvalue weighted by Crippen LogP contribution is 2.17. The lowest BCUT2D eigenvalue weighted by atomic mass is 10.1. The van der Waals surface area contributed by atoms with Crippen LogP contribution >= 0.6 is 0 Å². The van der Waals surface area contributed by atoms with E-state index in [1.165, 1.54) is 16.5 Å². The average Bonchev–Trinajstić information content (AvgIpc) is 2.71. The maximum atomic E-state index is 12.2. The van der Waals surface area contributed by atoms with Crippen LogP contribution in [0.25, 0.3) is 0 Å². The Balaban J connectivity index is 2.06. The molecule has 18 heavy (non-hydrogen) atoms. The van der Waals surface area contributed by atoms with Gasteiger partial charge in [0, 0.05) is 27.2 Å². The molecule has 6 nitrogen and oxygen atoms in total. The highest BCUT2D eigenvalue weighted by atomic mass is 16.5. The molecule has 1 aliphatic heterocycles. The quantitative estimate of drug-likeness (QED) is 0.789. The number of methoxy groups -OCH3 is 1. The highest BCUT2D eigenvalue weighted by Gasteiger charge is 2.22. The topological polar surface area (TPSA) is 73.4 Å². The molecule has 2 rings (SSSR count). The molecule has 0 unspecified atom stereocenters. The van der Waals surface area contributed by atoms with E-state index in [1.807, 2.05) is 6.08 Å². The number of ether oxygens (including phenoxy) is 1. The number of carbonyl (C=O) groups excluding carboxylic acids is 1. The summed E-state index contributed by atoms with van der Waals surface area (Å²) >= 11 is 0. The lowest BCUT2D eigenvalue weighted by molar-refractivity contribution is 0.0766. The Morgan fingerprint density at radius 3 is 2.89 bits per heavy atom. The third-order valence-corrected chi connectivity index (χ3v) is 3.14. The van der Waals surface area contributed by atoms with Crippen LogP contribution in [-0.2, 0) is 11.8 Å². The summed E-state index contributed by atoms with van der Waals surface area (Å²) < 4.78 is 6.58. The highest BCUT2D eigenvalue weighted by molar-refractivity contribution is 5.98. The number of rotatable bonds is 3. The lowest BCUT2D eigenvalue weighted by Crippen LogP contribution is -2.35. The summed E-state index contributed by atoms with van der Waals surface area (Å²) in [5, 5.41) is 3.99. The van der Waals surface area contributed by atoms with Crippen LogP contribution in [0.2, 0.25) is 0 Å². The van der Waals surface area contributed by atoms with Gasteiger partial charge in [0.15, 0.2) is 0 Å². The van der Waals surface area contributed by atoms with Crippen LogP contribution < -0.4 is 5.73 Å². The molecule has 0 radical (unpaired) electrons. The second-order valence-electron chi connectivity index (χ2n) is 4.36. The largest absolute Gasteiger partial charge is 0.383 e. The van der Waals surface area contributed by atoms with E-state index in [0.717, 1.165) is 6.42 Å². The predicted octanol–water partition coefficient (Wildman–Crippen LogP) is 0.421. The average molecular weight is 250 g/mol. The van der Waals surface area contributed by atoms with Crippen LogP contribution in [0.1, 0.15) is 16.8 Å². The third-order valence-electron chi connectivity index (χ3n) is 3.14. The summed E-state index contributed by atoms with van der Waals surface area (Å²) in [5.74, 6) is 0.347. The summed E-state index contributed by atoms with van der Waals surface area (Å²) in [6, 6.07) is 0. The van der Waals surface area contributed by atoms with E-state index in [1.54, 1.807) is 19.1 Å². The molecule has 1 aliphatic rings. The third kappa shape index (κ3) is 2.38. The minimum Gasteiger partial charge on any atom is -0.383 e. The smallest absolute Gasteiger partial charge is 0.259 e. The van der Waals surface area contributed by atoms with Gasteiger partial charge >= 0.3 is 0 Å². The van der Waals surface area contributed by atoms with Crippen LogP contribution in [-0.4, -0.2) is 47.4 Å². The van der Waals surface area contributed by atoms with Crippen LogP contribution in [0.4, 0.5) is 5.82 Å². The molecule has 1 aromatic heterocycles. The van der Waals surface area contributed by atoms with Crippen LogP contribution in [0.5, 0.6) is 0 Å². The van der Waals surface area contributed by atoms with E-state index in [9.17, 15) is 4.79 Å². The Labute approximate surface area is 106 Å². The van der Waals surface area contributed by atoms with E-state index in [0.29, 0.717) is 31.1 Å². The second-order valence-corrected chi connectivity index (χ2v) is 4.36. The van der Waals surface area contributed by atoms with E-state index in [4.69, 9.17) is 10.5 Å². The molecule has 98 valence electrons. The van der Waals surface area contributed by atoms with E-state index in [-0.39, 0.29) is 5.91 Å². The van der Waals surface area contributed by atoms with E-state index < -0.39 is 0 Å². The van der Waals surface area contributed by atoms with Crippen molar-refractivity contribution in [1.29, 1.82) is 0 Å². The van der Waals surface area contributed by atoms with Gasteiger partial charge in [-0.05, 0) is 12.0 Å². The number of hydrogen-bond donors (Lipinski definition) is 1. The summed E-state index contributed by atoms with van der Waals surface area (Å²) in [4.78, 5) is 14.0. The maximum Gasteiger partial charge on any atom is 0.259 e. The second kappa shape index (κ2) is 5.22. The van der Waals surface area contributed by atoms with Crippen molar-refractivity contribution >= 4 is 11.7 Å². The molecule has 0 aromatic carbocycles. The van der Waals surface area contributed by atoms with Crippen molar-refractivity contribution in [1.82, 2.24) is 14.7 Å². The predicted molar refractivity (Wildman–Crippen MR) is 68.1 cm³/mol. The van der Waals surface area contributed by atoms with Gasteiger partial charge in [0.05, 0.1) is 12.8 Å². The van der Waals surface area contributed by atoms with Gasteiger partial charge in [-0.3, -0.25) is 9.48 Å². The monoisotopic (exact) mass is 250 g/mol. The Morgan fingerprint density at radius 2 is 2.39 bits per heavy atom. The number of aromatic nitrogens is 2.